The first-order valence-electron chi connectivity index (χ1n) is 8.71. The maximum absolute atomic E-state index is 12.8. The summed E-state index contributed by atoms with van der Waals surface area (Å²) in [6.07, 6.45) is 0. The van der Waals surface area contributed by atoms with Crippen LogP contribution in [0.4, 0.5) is 5.69 Å². The number of amides is 1. The summed E-state index contributed by atoms with van der Waals surface area (Å²) >= 11 is 10.6. The van der Waals surface area contributed by atoms with E-state index in [0.29, 0.717) is 33.9 Å². The third-order valence-electron chi connectivity index (χ3n) is 4.21. The van der Waals surface area contributed by atoms with Crippen molar-refractivity contribution < 1.29 is 4.79 Å². The third kappa shape index (κ3) is 4.64. The molecule has 1 heterocycles. The number of rotatable bonds is 5. The van der Waals surface area contributed by atoms with Crippen molar-refractivity contribution >= 4 is 61.8 Å². The van der Waals surface area contributed by atoms with Gasteiger partial charge in [-0.15, -0.1) is 0 Å². The number of anilines is 1. The molecule has 2 aromatic carbocycles. The Labute approximate surface area is 185 Å². The van der Waals surface area contributed by atoms with E-state index in [-0.39, 0.29) is 16.5 Å². The number of nitrogens with one attached hydrogen (secondary N) is 1. The number of nitriles is 1. The Kier molecular flexibility index (Phi) is 6.63. The molecule has 0 bridgehead atoms. The second-order valence-corrected chi connectivity index (χ2v) is 8.79. The second kappa shape index (κ2) is 8.99. The van der Waals surface area contributed by atoms with Gasteiger partial charge in [0.05, 0.1) is 26.7 Å². The summed E-state index contributed by atoms with van der Waals surface area (Å²) in [7, 11) is 0. The monoisotopic (exact) mass is 490 g/mol. The fourth-order valence-corrected chi connectivity index (χ4v) is 4.24. The Morgan fingerprint density at radius 3 is 2.79 bits per heavy atom. The smallest absolute Gasteiger partial charge is 0.262 e. The number of carbonyl (C=O) groups excluding carboxylic acids is 1. The first-order valence-corrected chi connectivity index (χ1v) is 10.8. The lowest BCUT2D eigenvalue weighted by atomic mass is 10.2. The van der Waals surface area contributed by atoms with Crippen molar-refractivity contribution in [3.05, 3.63) is 61.8 Å². The van der Waals surface area contributed by atoms with Crippen LogP contribution in [0.1, 0.15) is 19.4 Å². The number of fused-ring (bicyclic) bond motifs is 1. The minimum absolute atomic E-state index is 0.146. The van der Waals surface area contributed by atoms with Gasteiger partial charge in [-0.05, 0) is 50.2 Å². The minimum atomic E-state index is -0.512. The zero-order valence-corrected chi connectivity index (χ0v) is 18.7. The van der Waals surface area contributed by atoms with E-state index < -0.39 is 5.25 Å². The van der Waals surface area contributed by atoms with Gasteiger partial charge in [-0.3, -0.25) is 14.2 Å². The fourth-order valence-electron chi connectivity index (χ4n) is 2.68. The van der Waals surface area contributed by atoms with Crippen molar-refractivity contribution in [3.63, 3.8) is 0 Å². The molecular formula is C20H16BrClN4O2S. The van der Waals surface area contributed by atoms with E-state index in [1.54, 1.807) is 35.8 Å². The highest BCUT2D eigenvalue weighted by Gasteiger charge is 2.19. The van der Waals surface area contributed by atoms with E-state index in [0.717, 1.165) is 4.47 Å². The summed E-state index contributed by atoms with van der Waals surface area (Å²) in [6.45, 7) is 4.04. The molecule has 0 aliphatic rings. The van der Waals surface area contributed by atoms with E-state index in [1.165, 1.54) is 17.8 Å². The SMILES string of the molecule is CCn1c(SC(C)C(=O)Nc2ccc(C#N)c(Cl)c2)nc2ccc(Br)cc2c1=O. The lowest BCUT2D eigenvalue weighted by molar-refractivity contribution is -0.115. The molecule has 0 saturated carbocycles. The molecule has 9 heteroatoms. The molecule has 0 spiro atoms. The van der Waals surface area contributed by atoms with Crippen molar-refractivity contribution in [3.8, 4) is 6.07 Å². The van der Waals surface area contributed by atoms with Crippen molar-refractivity contribution in [2.45, 2.75) is 30.8 Å². The number of thioether (sulfide) groups is 1. The van der Waals surface area contributed by atoms with Gasteiger partial charge < -0.3 is 5.32 Å². The zero-order valence-electron chi connectivity index (χ0n) is 15.6. The summed E-state index contributed by atoms with van der Waals surface area (Å²) in [4.78, 5) is 30.0. The summed E-state index contributed by atoms with van der Waals surface area (Å²) in [5, 5.41) is 12.5. The summed E-state index contributed by atoms with van der Waals surface area (Å²) < 4.78 is 2.36. The van der Waals surface area contributed by atoms with Gasteiger partial charge in [-0.1, -0.05) is 39.3 Å². The van der Waals surface area contributed by atoms with Crippen LogP contribution >= 0.6 is 39.3 Å². The number of nitrogens with zero attached hydrogens (tertiary/aromatic N) is 3. The molecule has 0 fully saturated rings. The highest BCUT2D eigenvalue weighted by molar-refractivity contribution is 9.10. The highest BCUT2D eigenvalue weighted by atomic mass is 79.9. The molecule has 0 saturated heterocycles. The van der Waals surface area contributed by atoms with Crippen LogP contribution in [0.15, 0.2) is 50.8 Å². The molecule has 0 radical (unpaired) electrons. The van der Waals surface area contributed by atoms with Crippen LogP contribution in [0.3, 0.4) is 0 Å². The van der Waals surface area contributed by atoms with Crippen LogP contribution in [0.2, 0.25) is 5.02 Å². The van der Waals surface area contributed by atoms with E-state index in [2.05, 4.69) is 26.2 Å². The maximum atomic E-state index is 12.8. The molecule has 1 unspecified atom stereocenters. The predicted molar refractivity (Wildman–Crippen MR) is 119 cm³/mol. The van der Waals surface area contributed by atoms with E-state index >= 15 is 0 Å². The van der Waals surface area contributed by atoms with Gasteiger partial charge in [0.25, 0.3) is 5.56 Å². The van der Waals surface area contributed by atoms with Crippen LogP contribution in [-0.2, 0) is 11.3 Å². The molecular weight excluding hydrogens is 476 g/mol. The largest absolute Gasteiger partial charge is 0.325 e. The molecule has 1 amide bonds. The minimum Gasteiger partial charge on any atom is -0.325 e. The number of carbonyl (C=O) groups is 1. The van der Waals surface area contributed by atoms with Gasteiger partial charge in [-0.25, -0.2) is 4.98 Å². The number of aromatic nitrogens is 2. The van der Waals surface area contributed by atoms with E-state index in [1.807, 2.05) is 19.1 Å². The van der Waals surface area contributed by atoms with Gasteiger partial charge in [-0.2, -0.15) is 5.26 Å². The Hall–Kier alpha value is -2.34. The molecule has 1 atom stereocenters. The molecule has 3 aromatic rings. The highest BCUT2D eigenvalue weighted by Crippen LogP contribution is 2.26. The summed E-state index contributed by atoms with van der Waals surface area (Å²) in [5.74, 6) is -0.261. The van der Waals surface area contributed by atoms with Gasteiger partial charge in [0.2, 0.25) is 5.91 Å². The lowest BCUT2D eigenvalue weighted by Gasteiger charge is -2.15. The Balaban J connectivity index is 1.85. The Morgan fingerprint density at radius 2 is 2.14 bits per heavy atom. The van der Waals surface area contributed by atoms with Gasteiger partial charge >= 0.3 is 0 Å². The van der Waals surface area contributed by atoms with Crippen LogP contribution < -0.4 is 10.9 Å². The van der Waals surface area contributed by atoms with Crippen molar-refractivity contribution in [1.29, 1.82) is 5.26 Å². The average Bonchev–Trinajstić information content (AvgIpc) is 2.69. The first kappa shape index (κ1) is 21.4. The average molecular weight is 492 g/mol. The number of hydrogen-bond acceptors (Lipinski definition) is 5. The fraction of sp³-hybridized carbons (Fsp3) is 0.200. The molecule has 1 aromatic heterocycles. The van der Waals surface area contributed by atoms with Crippen LogP contribution in [0, 0.1) is 11.3 Å². The molecule has 148 valence electrons. The van der Waals surface area contributed by atoms with Crippen LogP contribution in [0.25, 0.3) is 10.9 Å². The maximum Gasteiger partial charge on any atom is 0.262 e. The zero-order chi connectivity index (χ0) is 21.1. The third-order valence-corrected chi connectivity index (χ3v) is 6.10. The van der Waals surface area contributed by atoms with Crippen molar-refractivity contribution in [1.82, 2.24) is 9.55 Å². The van der Waals surface area contributed by atoms with Crippen LogP contribution in [0.5, 0.6) is 0 Å². The molecule has 3 rings (SSSR count). The second-order valence-electron chi connectivity index (χ2n) is 6.16. The Bertz CT molecular complexity index is 1210. The number of benzene rings is 2. The van der Waals surface area contributed by atoms with Crippen molar-refractivity contribution in [2.24, 2.45) is 0 Å². The Morgan fingerprint density at radius 1 is 1.38 bits per heavy atom. The number of halogens is 2. The molecule has 6 nitrogen and oxygen atoms in total. The van der Waals surface area contributed by atoms with Gasteiger partial charge in [0.15, 0.2) is 5.16 Å². The topological polar surface area (TPSA) is 87.8 Å². The normalized spacial score (nSPS) is 11.8. The van der Waals surface area contributed by atoms with Crippen LogP contribution in [-0.4, -0.2) is 20.7 Å². The van der Waals surface area contributed by atoms with E-state index in [9.17, 15) is 9.59 Å². The van der Waals surface area contributed by atoms with Gasteiger partial charge in [0, 0.05) is 16.7 Å². The molecule has 0 aliphatic carbocycles. The van der Waals surface area contributed by atoms with Gasteiger partial charge in [0.1, 0.15) is 6.07 Å². The molecule has 29 heavy (non-hydrogen) atoms. The standard InChI is InChI=1S/C20H16BrClN4O2S/c1-3-26-19(28)15-8-13(21)5-7-17(15)25-20(26)29-11(2)18(27)24-14-6-4-12(10-23)16(22)9-14/h4-9,11H,3H2,1-2H3,(H,24,27). The first-order chi connectivity index (χ1) is 13.8. The van der Waals surface area contributed by atoms with Crippen molar-refractivity contribution in [2.75, 3.05) is 5.32 Å². The lowest BCUT2D eigenvalue weighted by Crippen LogP contribution is -2.26. The molecule has 0 aliphatic heterocycles. The number of hydrogen-bond donors (Lipinski definition) is 1. The summed E-state index contributed by atoms with van der Waals surface area (Å²) in [5.41, 5.74) is 1.27. The predicted octanol–water partition coefficient (Wildman–Crippen LogP) is 4.82. The molecule has 1 N–H and O–H groups in total. The summed E-state index contributed by atoms with van der Waals surface area (Å²) in [6, 6.07) is 12.0. The van der Waals surface area contributed by atoms with E-state index in [4.69, 9.17) is 16.9 Å². The quantitative estimate of drug-likeness (QED) is 0.408.